The van der Waals surface area contributed by atoms with Gasteiger partial charge in [-0.05, 0) is 29.4 Å². The molecule has 0 spiro atoms. The fourth-order valence-corrected chi connectivity index (χ4v) is 4.96. The molecule has 1 saturated carbocycles. The van der Waals surface area contributed by atoms with Gasteiger partial charge in [-0.25, -0.2) is 0 Å². The van der Waals surface area contributed by atoms with Gasteiger partial charge in [0.15, 0.2) is 5.69 Å². The van der Waals surface area contributed by atoms with E-state index in [0.717, 1.165) is 25.7 Å². The lowest BCUT2D eigenvalue weighted by Crippen LogP contribution is -2.42. The van der Waals surface area contributed by atoms with Gasteiger partial charge in [0.05, 0.1) is 0 Å². The molecule has 1 aliphatic heterocycles. The van der Waals surface area contributed by atoms with Crippen LogP contribution < -0.4 is 5.56 Å². The zero-order chi connectivity index (χ0) is 21.7. The molecule has 1 aromatic heterocycles. The van der Waals surface area contributed by atoms with Crippen molar-refractivity contribution in [1.29, 1.82) is 0 Å². The number of aromatic nitrogens is 2. The Kier molecular flexibility index (Phi) is 4.99. The predicted molar refractivity (Wildman–Crippen MR) is 116 cm³/mol. The zero-order valence-corrected chi connectivity index (χ0v) is 18.4. The van der Waals surface area contributed by atoms with Gasteiger partial charge in [-0.1, -0.05) is 57.9 Å². The van der Waals surface area contributed by atoms with E-state index in [0.29, 0.717) is 25.3 Å². The number of benzene rings is 1. The third kappa shape index (κ3) is 3.42. The molecule has 1 aromatic carbocycles. The topological polar surface area (TPSA) is 75.4 Å². The molecule has 30 heavy (non-hydrogen) atoms. The van der Waals surface area contributed by atoms with Crippen LogP contribution in [0.15, 0.2) is 29.1 Å². The molecular formula is C24H31N3O3. The molecule has 1 N–H and O–H groups in total. The zero-order valence-electron chi connectivity index (χ0n) is 18.4. The number of nitrogens with zero attached hydrogens (tertiary/aromatic N) is 3. The van der Waals surface area contributed by atoms with Gasteiger partial charge >= 0.3 is 5.56 Å². The molecule has 1 aliphatic carbocycles. The summed E-state index contributed by atoms with van der Waals surface area (Å²) in [6, 6.07) is 8.86. The fraction of sp³-hybridized carbons (Fsp3) is 0.542. The van der Waals surface area contributed by atoms with Gasteiger partial charge in [-0.2, -0.15) is 4.98 Å². The van der Waals surface area contributed by atoms with Crippen molar-refractivity contribution in [2.24, 2.45) is 0 Å². The first-order valence-corrected chi connectivity index (χ1v) is 10.8. The molecule has 0 atom stereocenters. The molecule has 1 fully saturated rings. The molecule has 0 radical (unpaired) electrons. The molecule has 0 saturated heterocycles. The summed E-state index contributed by atoms with van der Waals surface area (Å²) in [6.07, 6.45) is 4.93. The first-order valence-electron chi connectivity index (χ1n) is 10.8. The Balaban J connectivity index is 1.77. The van der Waals surface area contributed by atoms with Crippen LogP contribution in [-0.4, -0.2) is 39.1 Å². The number of carbonyl (C=O) groups excluding carboxylic acids is 1. The molecule has 0 unspecified atom stereocenters. The summed E-state index contributed by atoms with van der Waals surface area (Å²) >= 11 is 0. The van der Waals surface area contributed by atoms with E-state index in [1.54, 1.807) is 11.6 Å². The summed E-state index contributed by atoms with van der Waals surface area (Å²) in [6.45, 7) is 7.70. The van der Waals surface area contributed by atoms with Gasteiger partial charge in [-0.15, -0.1) is 0 Å². The smallest absolute Gasteiger partial charge is 0.315 e. The third-order valence-corrected chi connectivity index (χ3v) is 6.87. The van der Waals surface area contributed by atoms with E-state index in [-0.39, 0.29) is 22.4 Å². The van der Waals surface area contributed by atoms with Gasteiger partial charge in [0.1, 0.15) is 5.82 Å². The van der Waals surface area contributed by atoms with Crippen LogP contribution >= 0.6 is 0 Å². The van der Waals surface area contributed by atoms with Gasteiger partial charge in [0.25, 0.3) is 5.91 Å². The Hall–Kier alpha value is -2.63. The summed E-state index contributed by atoms with van der Waals surface area (Å²) < 4.78 is 1.77. The van der Waals surface area contributed by atoms with Gasteiger partial charge < -0.3 is 14.6 Å². The quantitative estimate of drug-likeness (QED) is 0.843. The summed E-state index contributed by atoms with van der Waals surface area (Å²) in [4.78, 5) is 30.8. The van der Waals surface area contributed by atoms with E-state index >= 15 is 0 Å². The number of likely N-dealkylation sites (N-methyl/N-ethyl adjacent to an activating group) is 1. The first-order chi connectivity index (χ1) is 14.1. The number of carbonyl (C=O) groups is 1. The number of amides is 1. The highest BCUT2D eigenvalue weighted by atomic mass is 16.3. The first kappa shape index (κ1) is 20.6. The second kappa shape index (κ2) is 7.25. The molecule has 2 aliphatic rings. The minimum Gasteiger partial charge on any atom is -0.501 e. The van der Waals surface area contributed by atoms with Crippen molar-refractivity contribution in [3.8, 4) is 5.75 Å². The van der Waals surface area contributed by atoms with Crippen LogP contribution in [0.2, 0.25) is 0 Å². The van der Waals surface area contributed by atoms with E-state index in [4.69, 9.17) is 0 Å². The number of fused-ring (bicyclic) bond motifs is 1. The molecule has 4 rings (SSSR count). The Labute approximate surface area is 177 Å². The van der Waals surface area contributed by atoms with Gasteiger partial charge in [0, 0.05) is 32.0 Å². The van der Waals surface area contributed by atoms with Crippen molar-refractivity contribution in [3.63, 3.8) is 0 Å². The minimum absolute atomic E-state index is 0.0787. The Bertz CT molecular complexity index is 1030. The molecule has 2 heterocycles. The SMILES string of the molecule is CN1CCn2c(CC3(c4ccc(C(C)(C)C)cc4)CCCC3)nc(=O)c(O)c2C1=O. The fourth-order valence-electron chi connectivity index (χ4n) is 4.96. The number of rotatable bonds is 3. The predicted octanol–water partition coefficient (Wildman–Crippen LogP) is 3.39. The Morgan fingerprint density at radius 3 is 2.30 bits per heavy atom. The van der Waals surface area contributed by atoms with Crippen LogP contribution in [0.5, 0.6) is 5.75 Å². The molecule has 6 heteroatoms. The molecule has 2 aromatic rings. The van der Waals surface area contributed by atoms with Crippen molar-refractivity contribution in [2.75, 3.05) is 13.6 Å². The van der Waals surface area contributed by atoms with Crippen molar-refractivity contribution in [2.45, 2.75) is 70.3 Å². The lowest BCUT2D eigenvalue weighted by molar-refractivity contribution is 0.0737. The highest BCUT2D eigenvalue weighted by molar-refractivity contribution is 5.95. The summed E-state index contributed by atoms with van der Waals surface area (Å²) in [5.74, 6) is -0.254. The van der Waals surface area contributed by atoms with Crippen molar-refractivity contribution in [3.05, 3.63) is 57.3 Å². The minimum atomic E-state index is -0.712. The highest BCUT2D eigenvalue weighted by Crippen LogP contribution is 2.44. The van der Waals surface area contributed by atoms with Gasteiger partial charge in [-0.3, -0.25) is 9.59 Å². The van der Waals surface area contributed by atoms with E-state index in [1.165, 1.54) is 16.0 Å². The molecule has 6 nitrogen and oxygen atoms in total. The summed E-state index contributed by atoms with van der Waals surface area (Å²) in [5, 5.41) is 10.3. The van der Waals surface area contributed by atoms with Crippen molar-refractivity contribution < 1.29 is 9.90 Å². The third-order valence-electron chi connectivity index (χ3n) is 6.87. The van der Waals surface area contributed by atoms with Crippen LogP contribution in [0.4, 0.5) is 0 Å². The summed E-state index contributed by atoms with van der Waals surface area (Å²) in [5.41, 5.74) is 1.93. The number of hydrogen-bond donors (Lipinski definition) is 1. The maximum atomic E-state index is 12.6. The number of hydrogen-bond acceptors (Lipinski definition) is 4. The normalized spacial score (nSPS) is 18.5. The average Bonchev–Trinajstić information content (AvgIpc) is 3.17. The highest BCUT2D eigenvalue weighted by Gasteiger charge is 2.39. The monoisotopic (exact) mass is 409 g/mol. The van der Waals surface area contributed by atoms with Crippen molar-refractivity contribution >= 4 is 5.91 Å². The van der Waals surface area contributed by atoms with E-state index < -0.39 is 11.3 Å². The van der Waals surface area contributed by atoms with E-state index in [9.17, 15) is 14.7 Å². The van der Waals surface area contributed by atoms with Crippen LogP contribution in [0.25, 0.3) is 0 Å². The Morgan fingerprint density at radius 2 is 1.70 bits per heavy atom. The maximum absolute atomic E-state index is 12.6. The second-order valence-corrected chi connectivity index (χ2v) is 9.90. The van der Waals surface area contributed by atoms with Crippen molar-refractivity contribution in [1.82, 2.24) is 14.5 Å². The Morgan fingerprint density at radius 1 is 1.07 bits per heavy atom. The summed E-state index contributed by atoms with van der Waals surface area (Å²) in [7, 11) is 1.69. The number of aromatic hydroxyl groups is 1. The molecule has 0 bridgehead atoms. The average molecular weight is 410 g/mol. The van der Waals surface area contributed by atoms with E-state index in [1.807, 2.05) is 0 Å². The van der Waals surface area contributed by atoms with Crippen LogP contribution in [-0.2, 0) is 23.8 Å². The van der Waals surface area contributed by atoms with Crippen LogP contribution in [0, 0.1) is 0 Å². The van der Waals surface area contributed by atoms with Crippen LogP contribution in [0.3, 0.4) is 0 Å². The standard InChI is InChI=1S/C24H31N3O3/c1-23(2,3)16-7-9-17(10-8-16)24(11-5-6-12-24)15-18-25-21(29)20(28)19-22(30)26(4)13-14-27(18)19/h7-10,28H,5-6,11-15H2,1-4H3. The molecular weight excluding hydrogens is 378 g/mol. The molecule has 160 valence electrons. The van der Waals surface area contributed by atoms with Gasteiger partial charge in [0.2, 0.25) is 5.75 Å². The lowest BCUT2D eigenvalue weighted by atomic mass is 9.74. The second-order valence-electron chi connectivity index (χ2n) is 9.90. The van der Waals surface area contributed by atoms with E-state index in [2.05, 4.69) is 50.0 Å². The van der Waals surface area contributed by atoms with Crippen LogP contribution in [0.1, 0.15) is 73.9 Å². The molecule has 1 amide bonds. The maximum Gasteiger partial charge on any atom is 0.315 e. The lowest BCUT2D eigenvalue weighted by Gasteiger charge is -2.33. The largest absolute Gasteiger partial charge is 0.501 e.